The molecule has 18 heavy (non-hydrogen) atoms. The van der Waals surface area contributed by atoms with Gasteiger partial charge in [0.15, 0.2) is 5.79 Å². The number of ether oxygens (including phenoxy) is 2. The highest BCUT2D eigenvalue weighted by atomic mass is 16.7. The molecule has 4 heteroatoms. The van der Waals surface area contributed by atoms with Gasteiger partial charge in [0.1, 0.15) is 5.76 Å². The average Bonchev–Trinajstić information content (AvgIpc) is 3.04. The maximum atomic E-state index is 5.73. The van der Waals surface area contributed by atoms with Crippen LogP contribution in [0.25, 0.3) is 0 Å². The summed E-state index contributed by atoms with van der Waals surface area (Å²) in [6.45, 7) is 2.50. The van der Waals surface area contributed by atoms with Crippen molar-refractivity contribution in [2.45, 2.75) is 43.9 Å². The van der Waals surface area contributed by atoms with Crippen LogP contribution in [0.1, 0.15) is 31.4 Å². The zero-order valence-electron chi connectivity index (χ0n) is 10.7. The Kier molecular flexibility index (Phi) is 3.68. The molecular weight excluding hydrogens is 230 g/mol. The SMILES string of the molecule is c1coc(CCNC2CCC3(CC2)OCCO3)c1. The van der Waals surface area contributed by atoms with E-state index in [1.807, 2.05) is 12.1 Å². The van der Waals surface area contributed by atoms with E-state index in [0.29, 0.717) is 6.04 Å². The van der Waals surface area contributed by atoms with E-state index < -0.39 is 0 Å². The highest BCUT2D eigenvalue weighted by Gasteiger charge is 2.39. The third-order valence-electron chi connectivity index (χ3n) is 3.95. The van der Waals surface area contributed by atoms with Gasteiger partial charge in [-0.1, -0.05) is 0 Å². The fourth-order valence-electron chi connectivity index (χ4n) is 2.90. The van der Waals surface area contributed by atoms with Crippen LogP contribution in [-0.4, -0.2) is 31.6 Å². The third kappa shape index (κ3) is 2.76. The number of hydrogen-bond donors (Lipinski definition) is 1. The molecule has 4 nitrogen and oxygen atoms in total. The lowest BCUT2D eigenvalue weighted by Crippen LogP contribution is -2.42. The lowest BCUT2D eigenvalue weighted by atomic mass is 9.90. The van der Waals surface area contributed by atoms with Crippen molar-refractivity contribution in [1.29, 1.82) is 0 Å². The Morgan fingerprint density at radius 1 is 1.22 bits per heavy atom. The van der Waals surface area contributed by atoms with E-state index in [9.17, 15) is 0 Å². The minimum absolute atomic E-state index is 0.237. The molecule has 1 aromatic heterocycles. The van der Waals surface area contributed by atoms with Crippen LogP contribution in [0.3, 0.4) is 0 Å². The van der Waals surface area contributed by atoms with E-state index in [1.165, 1.54) is 0 Å². The fourth-order valence-corrected chi connectivity index (χ4v) is 2.90. The summed E-state index contributed by atoms with van der Waals surface area (Å²) in [5.41, 5.74) is 0. The Bertz CT molecular complexity index is 347. The minimum atomic E-state index is -0.237. The molecular formula is C14H21NO3. The van der Waals surface area contributed by atoms with Crippen LogP contribution in [0.15, 0.2) is 22.8 Å². The predicted molar refractivity (Wildman–Crippen MR) is 67.3 cm³/mol. The van der Waals surface area contributed by atoms with Gasteiger partial charge >= 0.3 is 0 Å². The molecule has 1 aromatic rings. The van der Waals surface area contributed by atoms with E-state index >= 15 is 0 Å². The Balaban J connectivity index is 1.38. The van der Waals surface area contributed by atoms with Crippen LogP contribution in [0.4, 0.5) is 0 Å². The molecule has 0 unspecified atom stereocenters. The summed E-state index contributed by atoms with van der Waals surface area (Å²) >= 11 is 0. The van der Waals surface area contributed by atoms with Crippen molar-refractivity contribution >= 4 is 0 Å². The van der Waals surface area contributed by atoms with Crippen LogP contribution in [0, 0.1) is 0 Å². The molecule has 0 atom stereocenters. The standard InChI is InChI=1S/C14H21NO3/c1-2-13(16-9-1)5-8-15-12-3-6-14(7-4-12)17-10-11-18-14/h1-2,9,12,15H,3-8,10-11H2. The second-order valence-electron chi connectivity index (χ2n) is 5.17. The summed E-state index contributed by atoms with van der Waals surface area (Å²) in [5.74, 6) is 0.816. The minimum Gasteiger partial charge on any atom is -0.469 e. The Morgan fingerprint density at radius 2 is 2.00 bits per heavy atom. The summed E-state index contributed by atoms with van der Waals surface area (Å²) in [6, 6.07) is 4.56. The van der Waals surface area contributed by atoms with Crippen molar-refractivity contribution in [3.63, 3.8) is 0 Å². The maximum absolute atomic E-state index is 5.73. The molecule has 2 fully saturated rings. The second-order valence-corrected chi connectivity index (χ2v) is 5.17. The molecule has 0 amide bonds. The van der Waals surface area contributed by atoms with Crippen molar-refractivity contribution in [2.75, 3.05) is 19.8 Å². The third-order valence-corrected chi connectivity index (χ3v) is 3.95. The van der Waals surface area contributed by atoms with Gasteiger partial charge in [0.05, 0.1) is 19.5 Å². The van der Waals surface area contributed by atoms with Gasteiger partial charge in [0.2, 0.25) is 0 Å². The predicted octanol–water partition coefficient (Wildman–Crippen LogP) is 2.10. The lowest BCUT2D eigenvalue weighted by molar-refractivity contribution is -0.179. The van der Waals surface area contributed by atoms with Crippen LogP contribution in [-0.2, 0) is 15.9 Å². The van der Waals surface area contributed by atoms with Crippen molar-refractivity contribution in [1.82, 2.24) is 5.32 Å². The highest BCUT2D eigenvalue weighted by Crippen LogP contribution is 2.35. The lowest BCUT2D eigenvalue weighted by Gasteiger charge is -2.35. The van der Waals surface area contributed by atoms with Gasteiger partial charge in [-0.25, -0.2) is 0 Å². The summed E-state index contributed by atoms with van der Waals surface area (Å²) in [6.07, 6.45) is 7.00. The van der Waals surface area contributed by atoms with Gasteiger partial charge < -0.3 is 19.2 Å². The first-order valence-electron chi connectivity index (χ1n) is 6.90. The second kappa shape index (κ2) is 5.43. The highest BCUT2D eigenvalue weighted by molar-refractivity contribution is 4.98. The van der Waals surface area contributed by atoms with Crippen LogP contribution in [0.2, 0.25) is 0 Å². The topological polar surface area (TPSA) is 43.6 Å². The molecule has 2 heterocycles. The Labute approximate surface area is 108 Å². The van der Waals surface area contributed by atoms with Crippen LogP contribution >= 0.6 is 0 Å². The molecule has 1 saturated heterocycles. The largest absolute Gasteiger partial charge is 0.469 e. The molecule has 2 aliphatic rings. The molecule has 1 spiro atoms. The van der Waals surface area contributed by atoms with Crippen molar-refractivity contribution in [2.24, 2.45) is 0 Å². The average molecular weight is 251 g/mol. The monoisotopic (exact) mass is 251 g/mol. The normalized spacial score (nSPS) is 23.8. The van der Waals surface area contributed by atoms with Gasteiger partial charge in [-0.05, 0) is 25.0 Å². The van der Waals surface area contributed by atoms with Gasteiger partial charge in [0, 0.05) is 31.8 Å². The van der Waals surface area contributed by atoms with Crippen LogP contribution in [0.5, 0.6) is 0 Å². The zero-order valence-corrected chi connectivity index (χ0v) is 10.7. The maximum Gasteiger partial charge on any atom is 0.168 e. The van der Waals surface area contributed by atoms with E-state index in [1.54, 1.807) is 6.26 Å². The molecule has 0 radical (unpaired) electrons. The van der Waals surface area contributed by atoms with E-state index in [-0.39, 0.29) is 5.79 Å². The fraction of sp³-hybridized carbons (Fsp3) is 0.714. The first-order valence-corrected chi connectivity index (χ1v) is 6.90. The van der Waals surface area contributed by atoms with Crippen molar-refractivity contribution in [3.05, 3.63) is 24.2 Å². The molecule has 1 aliphatic carbocycles. The molecule has 0 bridgehead atoms. The summed E-state index contributed by atoms with van der Waals surface area (Å²) in [4.78, 5) is 0. The molecule has 1 aliphatic heterocycles. The van der Waals surface area contributed by atoms with Crippen molar-refractivity contribution < 1.29 is 13.9 Å². The molecule has 1 saturated carbocycles. The number of nitrogens with one attached hydrogen (secondary N) is 1. The first-order chi connectivity index (χ1) is 8.86. The molecule has 100 valence electrons. The number of furan rings is 1. The Morgan fingerprint density at radius 3 is 2.67 bits per heavy atom. The van der Waals surface area contributed by atoms with E-state index in [2.05, 4.69) is 5.32 Å². The molecule has 3 rings (SSSR count). The van der Waals surface area contributed by atoms with Crippen LogP contribution < -0.4 is 5.32 Å². The van der Waals surface area contributed by atoms with Gasteiger partial charge in [-0.3, -0.25) is 0 Å². The number of rotatable bonds is 4. The summed E-state index contributed by atoms with van der Waals surface area (Å²) in [5, 5.41) is 3.60. The van der Waals surface area contributed by atoms with Crippen molar-refractivity contribution in [3.8, 4) is 0 Å². The van der Waals surface area contributed by atoms with Gasteiger partial charge in [0.25, 0.3) is 0 Å². The summed E-state index contributed by atoms with van der Waals surface area (Å²) in [7, 11) is 0. The zero-order chi connectivity index (χ0) is 12.3. The first kappa shape index (κ1) is 12.2. The molecule has 0 aromatic carbocycles. The number of hydrogen-bond acceptors (Lipinski definition) is 4. The Hall–Kier alpha value is -0.840. The van der Waals surface area contributed by atoms with E-state index in [0.717, 1.165) is 57.6 Å². The summed E-state index contributed by atoms with van der Waals surface area (Å²) < 4.78 is 16.8. The quantitative estimate of drug-likeness (QED) is 0.890. The molecule has 1 N–H and O–H groups in total. The van der Waals surface area contributed by atoms with E-state index in [4.69, 9.17) is 13.9 Å². The van der Waals surface area contributed by atoms with Gasteiger partial charge in [-0.15, -0.1) is 0 Å². The van der Waals surface area contributed by atoms with Gasteiger partial charge in [-0.2, -0.15) is 0 Å². The smallest absolute Gasteiger partial charge is 0.168 e.